The molecule has 0 aliphatic heterocycles. The highest BCUT2D eigenvalue weighted by molar-refractivity contribution is 6.37. The Morgan fingerprint density at radius 1 is 0.388 bits per heavy atom. The van der Waals surface area contributed by atoms with Crippen LogP contribution in [-0.4, -0.2) is 14.4 Å². The molecule has 49 heavy (non-hydrogen) atoms. The second-order valence-corrected chi connectivity index (χ2v) is 13.1. The van der Waals surface area contributed by atoms with E-state index < -0.39 is 0 Å². The lowest BCUT2D eigenvalue weighted by atomic mass is 9.86. The second kappa shape index (κ2) is 9.96. The topological polar surface area (TPSA) is 30.2 Å². The van der Waals surface area contributed by atoms with Gasteiger partial charge in [0.1, 0.15) is 0 Å². The summed E-state index contributed by atoms with van der Waals surface area (Å²) in [7, 11) is 0. The molecule has 0 aliphatic carbocycles. The molecule has 0 bridgehead atoms. The minimum absolute atomic E-state index is 0.707. The third-order valence-corrected chi connectivity index (χ3v) is 10.4. The number of aromatic nitrogens is 3. The summed E-state index contributed by atoms with van der Waals surface area (Å²) in [5.74, 6) is 0.707. The molecular weight excluding hydrogens is 595 g/mol. The van der Waals surface area contributed by atoms with Crippen LogP contribution in [0.5, 0.6) is 0 Å². The maximum atomic E-state index is 4.68. The Morgan fingerprint density at radius 2 is 0.878 bits per heavy atom. The molecule has 0 N–H and O–H groups in total. The molecule has 0 aliphatic rings. The van der Waals surface area contributed by atoms with Crippen LogP contribution in [0.4, 0.5) is 0 Å². The Hall–Kier alpha value is -6.58. The van der Waals surface area contributed by atoms with E-state index in [0.29, 0.717) is 5.78 Å². The number of hydrogen-bond acceptors (Lipinski definition) is 2. The molecule has 2 heterocycles. The average molecular weight is 622 g/mol. The summed E-state index contributed by atoms with van der Waals surface area (Å²) in [5, 5.41) is 15.6. The van der Waals surface area contributed by atoms with E-state index in [-0.39, 0.29) is 0 Å². The summed E-state index contributed by atoms with van der Waals surface area (Å²) in [6.45, 7) is 0. The zero-order valence-corrected chi connectivity index (χ0v) is 26.4. The zero-order valence-electron chi connectivity index (χ0n) is 26.4. The number of fused-ring (bicyclic) bond motifs is 3. The van der Waals surface area contributed by atoms with Crippen LogP contribution in [-0.2, 0) is 0 Å². The minimum Gasteiger partial charge on any atom is -0.291 e. The van der Waals surface area contributed by atoms with Gasteiger partial charge in [-0.3, -0.25) is 4.40 Å². The van der Waals surface area contributed by atoms with E-state index in [9.17, 15) is 0 Å². The molecule has 11 aromatic rings. The molecule has 0 amide bonds. The fraction of sp³-hybridized carbons (Fsp3) is 0. The minimum atomic E-state index is 0.707. The molecule has 226 valence electrons. The highest BCUT2D eigenvalue weighted by Crippen LogP contribution is 2.44. The van der Waals surface area contributed by atoms with Crippen molar-refractivity contribution in [3.05, 3.63) is 164 Å². The van der Waals surface area contributed by atoms with Gasteiger partial charge in [0.2, 0.25) is 5.78 Å². The van der Waals surface area contributed by atoms with Crippen molar-refractivity contribution in [3.8, 4) is 33.5 Å². The van der Waals surface area contributed by atoms with E-state index in [1.54, 1.807) is 6.20 Å². The Kier molecular flexibility index (Phi) is 5.38. The largest absolute Gasteiger partial charge is 0.291 e. The van der Waals surface area contributed by atoms with Crippen molar-refractivity contribution in [1.29, 1.82) is 0 Å². The van der Waals surface area contributed by atoms with Crippen LogP contribution >= 0.6 is 0 Å². The van der Waals surface area contributed by atoms with Crippen LogP contribution in [0.15, 0.2) is 164 Å². The highest BCUT2D eigenvalue weighted by Gasteiger charge is 2.16. The van der Waals surface area contributed by atoms with E-state index in [1.165, 1.54) is 86.9 Å². The summed E-state index contributed by atoms with van der Waals surface area (Å²) in [4.78, 5) is 9.04. The number of hydrogen-bond donors (Lipinski definition) is 0. The van der Waals surface area contributed by atoms with E-state index in [2.05, 4.69) is 149 Å². The lowest BCUT2D eigenvalue weighted by molar-refractivity contribution is 1.11. The first-order chi connectivity index (χ1) is 24.3. The number of imidazole rings is 1. The molecule has 0 radical (unpaired) electrons. The van der Waals surface area contributed by atoms with Gasteiger partial charge in [-0.05, 0) is 105 Å². The van der Waals surface area contributed by atoms with Crippen molar-refractivity contribution in [2.75, 3.05) is 0 Å². The Bertz CT molecular complexity index is 3040. The van der Waals surface area contributed by atoms with Crippen molar-refractivity contribution in [3.63, 3.8) is 0 Å². The molecule has 11 rings (SSSR count). The van der Waals surface area contributed by atoms with Crippen LogP contribution in [0.1, 0.15) is 0 Å². The van der Waals surface area contributed by atoms with Crippen LogP contribution in [0.3, 0.4) is 0 Å². The normalized spacial score (nSPS) is 12.1. The van der Waals surface area contributed by atoms with Crippen molar-refractivity contribution >= 4 is 70.4 Å². The molecule has 0 atom stereocenters. The van der Waals surface area contributed by atoms with Gasteiger partial charge in [0.05, 0.1) is 5.69 Å². The summed E-state index contributed by atoms with van der Waals surface area (Å²) in [5.41, 5.74) is 6.79. The van der Waals surface area contributed by atoms with Gasteiger partial charge in [0, 0.05) is 24.2 Å². The third-order valence-electron chi connectivity index (χ3n) is 10.4. The molecule has 2 aromatic heterocycles. The second-order valence-electron chi connectivity index (χ2n) is 13.1. The summed E-state index contributed by atoms with van der Waals surface area (Å²) >= 11 is 0. The first-order valence-electron chi connectivity index (χ1n) is 16.7. The predicted molar refractivity (Wildman–Crippen MR) is 206 cm³/mol. The van der Waals surface area contributed by atoms with E-state index >= 15 is 0 Å². The molecule has 0 saturated carbocycles. The SMILES string of the molecule is c1cc2ccc3cccc4c5cc(-c6ccc(-c7ccc(-c8cn9cccnc9n8)cc7)cc6)cc6ccc7cccc(c(c1)c2c34)c7c65. The fourth-order valence-electron chi connectivity index (χ4n) is 8.11. The standard InChI is InChI=1S/C46H27N3/c1-5-32-19-20-33-7-3-10-39-40-26-36(25-35-22-21-34-6-2-9-38(43(34)45(35)40)37(8-1)42(32)44(33)39)30-13-11-28(12-14-30)29-15-17-31(18-16-29)41-27-49-24-4-23-47-46(49)48-41/h1-27H. The van der Waals surface area contributed by atoms with Gasteiger partial charge in [-0.15, -0.1) is 0 Å². The van der Waals surface area contributed by atoms with Crippen LogP contribution in [0.2, 0.25) is 0 Å². The molecule has 0 fully saturated rings. The van der Waals surface area contributed by atoms with Gasteiger partial charge in [-0.2, -0.15) is 0 Å². The number of nitrogens with zero attached hydrogens (tertiary/aromatic N) is 3. The van der Waals surface area contributed by atoms with Crippen molar-refractivity contribution < 1.29 is 0 Å². The molecule has 3 nitrogen and oxygen atoms in total. The Morgan fingerprint density at radius 3 is 1.45 bits per heavy atom. The van der Waals surface area contributed by atoms with Crippen molar-refractivity contribution in [2.24, 2.45) is 0 Å². The average Bonchev–Trinajstić information content (AvgIpc) is 3.61. The lowest BCUT2D eigenvalue weighted by Gasteiger charge is -2.17. The third kappa shape index (κ3) is 3.90. The van der Waals surface area contributed by atoms with Gasteiger partial charge in [0.25, 0.3) is 0 Å². The first-order valence-corrected chi connectivity index (χ1v) is 16.7. The molecular formula is C46H27N3. The Balaban J connectivity index is 1.09. The molecule has 9 aromatic carbocycles. The van der Waals surface area contributed by atoms with E-state index in [4.69, 9.17) is 0 Å². The van der Waals surface area contributed by atoms with Crippen molar-refractivity contribution in [1.82, 2.24) is 14.4 Å². The van der Waals surface area contributed by atoms with Gasteiger partial charge < -0.3 is 0 Å². The summed E-state index contributed by atoms with van der Waals surface area (Å²) in [6.07, 6.45) is 5.77. The first kappa shape index (κ1) is 26.5. The molecule has 0 saturated heterocycles. The van der Waals surface area contributed by atoms with E-state index in [1.807, 2.05) is 22.9 Å². The van der Waals surface area contributed by atoms with E-state index in [0.717, 1.165) is 11.3 Å². The van der Waals surface area contributed by atoms with Crippen LogP contribution in [0, 0.1) is 0 Å². The van der Waals surface area contributed by atoms with Gasteiger partial charge in [0.15, 0.2) is 0 Å². The van der Waals surface area contributed by atoms with Gasteiger partial charge in [-0.1, -0.05) is 127 Å². The molecule has 0 spiro atoms. The quantitative estimate of drug-likeness (QED) is 0.184. The maximum absolute atomic E-state index is 4.68. The number of benzene rings is 8. The molecule has 3 heteroatoms. The lowest BCUT2D eigenvalue weighted by Crippen LogP contribution is -1.89. The van der Waals surface area contributed by atoms with Crippen LogP contribution < -0.4 is 0 Å². The Labute approximate surface area is 281 Å². The predicted octanol–water partition coefficient (Wildman–Crippen LogP) is 12.1. The van der Waals surface area contributed by atoms with Gasteiger partial charge >= 0.3 is 0 Å². The smallest absolute Gasteiger partial charge is 0.234 e. The molecule has 0 unspecified atom stereocenters. The van der Waals surface area contributed by atoms with Crippen LogP contribution in [0.25, 0.3) is 104 Å². The number of rotatable bonds is 3. The zero-order chi connectivity index (χ0) is 32.1. The maximum Gasteiger partial charge on any atom is 0.234 e. The summed E-state index contributed by atoms with van der Waals surface area (Å²) in [6, 6.07) is 53.8. The van der Waals surface area contributed by atoms with Crippen molar-refractivity contribution in [2.45, 2.75) is 0 Å². The fourth-order valence-corrected chi connectivity index (χ4v) is 8.11. The summed E-state index contributed by atoms with van der Waals surface area (Å²) < 4.78 is 1.95. The highest BCUT2D eigenvalue weighted by atomic mass is 15.1. The van der Waals surface area contributed by atoms with Gasteiger partial charge in [-0.25, -0.2) is 9.97 Å². The monoisotopic (exact) mass is 621 g/mol.